The minimum absolute atomic E-state index is 0.102. The van der Waals surface area contributed by atoms with Crippen molar-refractivity contribution in [3.05, 3.63) is 35.4 Å². The van der Waals surface area contributed by atoms with Crippen molar-refractivity contribution >= 4 is 29.3 Å². The summed E-state index contributed by atoms with van der Waals surface area (Å²) < 4.78 is 5.82. The third-order valence-electron chi connectivity index (χ3n) is 7.06. The van der Waals surface area contributed by atoms with Crippen molar-refractivity contribution in [2.24, 2.45) is 11.3 Å². The fourth-order valence-corrected chi connectivity index (χ4v) is 4.98. The average molecular weight is 496 g/mol. The van der Waals surface area contributed by atoms with Gasteiger partial charge in [0.15, 0.2) is 0 Å². The first-order valence-corrected chi connectivity index (χ1v) is 12.8. The Balaban J connectivity index is 1.44. The summed E-state index contributed by atoms with van der Waals surface area (Å²) >= 11 is 0. The molecule has 0 radical (unpaired) electrons. The fraction of sp³-hybridized carbons (Fsp3) is 0.556. The van der Waals surface area contributed by atoms with Gasteiger partial charge in [0, 0.05) is 18.7 Å². The van der Waals surface area contributed by atoms with Crippen LogP contribution in [0.1, 0.15) is 81.1 Å². The zero-order valence-corrected chi connectivity index (χ0v) is 21.4. The number of aromatic nitrogens is 2. The molecule has 0 spiro atoms. The number of hydrogen-bond acceptors (Lipinski definition) is 7. The monoisotopic (exact) mass is 495 g/mol. The molecule has 1 aromatic heterocycles. The summed E-state index contributed by atoms with van der Waals surface area (Å²) in [4.78, 5) is 34.8. The van der Waals surface area contributed by atoms with Crippen LogP contribution in [0.4, 0.5) is 17.5 Å². The van der Waals surface area contributed by atoms with Crippen LogP contribution in [0.2, 0.25) is 0 Å². The molecule has 1 saturated carbocycles. The fourth-order valence-electron chi connectivity index (χ4n) is 4.98. The zero-order valence-electron chi connectivity index (χ0n) is 21.4. The van der Waals surface area contributed by atoms with Crippen LogP contribution in [-0.4, -0.2) is 46.6 Å². The third-order valence-corrected chi connectivity index (χ3v) is 7.06. The quantitative estimate of drug-likeness (QED) is 0.504. The number of carbonyl (C=O) groups excluding carboxylic acids is 1. The predicted octanol–water partition coefficient (Wildman–Crippen LogP) is 4.69. The first-order valence-electron chi connectivity index (χ1n) is 12.8. The lowest BCUT2D eigenvalue weighted by molar-refractivity contribution is -0.138. The molecule has 0 saturated heterocycles. The van der Waals surface area contributed by atoms with Gasteiger partial charge in [-0.25, -0.2) is 0 Å². The molecule has 0 bridgehead atoms. The Labute approximate surface area is 212 Å². The van der Waals surface area contributed by atoms with E-state index in [1.807, 2.05) is 12.1 Å². The maximum atomic E-state index is 13.4. The van der Waals surface area contributed by atoms with Crippen molar-refractivity contribution in [1.29, 1.82) is 0 Å². The van der Waals surface area contributed by atoms with Gasteiger partial charge in [0.05, 0.1) is 6.54 Å². The third kappa shape index (κ3) is 6.25. The van der Waals surface area contributed by atoms with E-state index >= 15 is 0 Å². The minimum atomic E-state index is -0.713. The number of rotatable bonds is 7. The van der Waals surface area contributed by atoms with Crippen molar-refractivity contribution in [3.8, 4) is 5.88 Å². The van der Waals surface area contributed by atoms with Gasteiger partial charge in [0.2, 0.25) is 11.8 Å². The number of nitrogen functional groups attached to an aromatic ring is 1. The molecular weight excluding hydrogens is 458 g/mol. The van der Waals surface area contributed by atoms with Crippen molar-refractivity contribution in [2.45, 2.75) is 65.2 Å². The highest BCUT2D eigenvalue weighted by molar-refractivity contribution is 6.10. The smallest absolute Gasteiger partial charge is 0.303 e. The molecule has 0 atom stereocenters. The minimum Gasteiger partial charge on any atom is -0.481 e. The molecule has 1 aliphatic carbocycles. The molecule has 4 rings (SSSR count). The molecule has 2 aromatic rings. The molecule has 1 aliphatic heterocycles. The number of carboxylic acid groups (broad SMARTS) is 1. The second-order valence-electron chi connectivity index (χ2n) is 11.1. The molecule has 194 valence electrons. The number of aliphatic carboxylic acids is 1. The molecule has 9 heteroatoms. The van der Waals surface area contributed by atoms with E-state index in [0.29, 0.717) is 31.6 Å². The topological polar surface area (TPSA) is 131 Å². The van der Waals surface area contributed by atoms with E-state index in [4.69, 9.17) is 15.6 Å². The van der Waals surface area contributed by atoms with E-state index in [2.05, 4.69) is 48.2 Å². The summed E-state index contributed by atoms with van der Waals surface area (Å²) in [6.07, 6.45) is 5.03. The lowest BCUT2D eigenvalue weighted by Gasteiger charge is -2.28. The van der Waals surface area contributed by atoms with Gasteiger partial charge in [-0.2, -0.15) is 9.97 Å². The van der Waals surface area contributed by atoms with E-state index in [0.717, 1.165) is 37.8 Å². The van der Waals surface area contributed by atoms with Crippen molar-refractivity contribution in [2.75, 3.05) is 35.6 Å². The predicted molar refractivity (Wildman–Crippen MR) is 140 cm³/mol. The summed E-state index contributed by atoms with van der Waals surface area (Å²) in [5.41, 5.74) is 8.56. The number of ether oxygens (including phenoxy) is 1. The lowest BCUT2D eigenvalue weighted by Crippen LogP contribution is -2.32. The summed E-state index contributed by atoms with van der Waals surface area (Å²) in [5.74, 6) is 0.376. The lowest BCUT2D eigenvalue weighted by atomic mass is 9.77. The molecule has 0 unspecified atom stereocenters. The molecule has 1 amide bonds. The van der Waals surface area contributed by atoms with E-state index < -0.39 is 5.97 Å². The maximum Gasteiger partial charge on any atom is 0.303 e. The number of nitrogens with zero attached hydrogens (tertiary/aromatic N) is 3. The average Bonchev–Trinajstić information content (AvgIpc) is 2.97. The van der Waals surface area contributed by atoms with Gasteiger partial charge in [-0.1, -0.05) is 32.9 Å². The number of nitrogens with one attached hydrogen (secondary N) is 1. The molecule has 1 fully saturated rings. The second-order valence-corrected chi connectivity index (χ2v) is 11.1. The maximum absolute atomic E-state index is 13.4. The van der Waals surface area contributed by atoms with Gasteiger partial charge in [-0.05, 0) is 67.1 Å². The Bertz CT molecular complexity index is 1090. The van der Waals surface area contributed by atoms with Crippen LogP contribution >= 0.6 is 0 Å². The van der Waals surface area contributed by atoms with E-state index in [1.54, 1.807) is 4.90 Å². The summed E-state index contributed by atoms with van der Waals surface area (Å²) in [6.45, 7) is 7.85. The van der Waals surface area contributed by atoms with E-state index in [1.165, 1.54) is 5.56 Å². The Kier molecular flexibility index (Phi) is 7.66. The van der Waals surface area contributed by atoms with Crippen LogP contribution in [-0.2, 0) is 4.79 Å². The normalized spacial score (nSPS) is 20.3. The van der Waals surface area contributed by atoms with Gasteiger partial charge in [-0.15, -0.1) is 0 Å². The second kappa shape index (κ2) is 10.7. The number of hydrogen-bond donors (Lipinski definition) is 3. The standard InChI is InChI=1S/C27H37N5O4/c1-27(2,3)12-13-29-26-30-23(28)22-24(31-26)36-15-14-32(25(22)35)20-10-8-19(9-11-20)18-6-4-17(5-7-18)16-21(33)34/h8-11,17-18H,4-7,12-16H2,1-3H3,(H,33,34)(H3,28,29,30,31)/t17-,18-. The van der Waals surface area contributed by atoms with Crippen molar-refractivity contribution in [1.82, 2.24) is 9.97 Å². The molecular formula is C27H37N5O4. The Morgan fingerprint density at radius 1 is 1.17 bits per heavy atom. The molecule has 2 aliphatic rings. The summed E-state index contributed by atoms with van der Waals surface area (Å²) in [7, 11) is 0. The van der Waals surface area contributed by atoms with Crippen LogP contribution in [0.15, 0.2) is 24.3 Å². The number of benzene rings is 1. The highest BCUT2D eigenvalue weighted by Gasteiger charge is 2.30. The summed E-state index contributed by atoms with van der Waals surface area (Å²) in [6, 6.07) is 8.06. The molecule has 36 heavy (non-hydrogen) atoms. The first kappa shape index (κ1) is 25.7. The van der Waals surface area contributed by atoms with Crippen LogP contribution in [0.5, 0.6) is 5.88 Å². The van der Waals surface area contributed by atoms with Gasteiger partial charge in [0.25, 0.3) is 5.91 Å². The molecule has 4 N–H and O–H groups in total. The van der Waals surface area contributed by atoms with E-state index in [-0.39, 0.29) is 40.9 Å². The van der Waals surface area contributed by atoms with Crippen molar-refractivity contribution in [3.63, 3.8) is 0 Å². The zero-order chi connectivity index (χ0) is 25.9. The van der Waals surface area contributed by atoms with Crippen LogP contribution in [0.3, 0.4) is 0 Å². The Hall–Kier alpha value is -3.36. The first-order chi connectivity index (χ1) is 17.1. The van der Waals surface area contributed by atoms with Gasteiger partial charge >= 0.3 is 5.97 Å². The Morgan fingerprint density at radius 3 is 2.50 bits per heavy atom. The molecule has 1 aromatic carbocycles. The molecule has 2 heterocycles. The number of carbonyl (C=O) groups is 2. The SMILES string of the molecule is CC(C)(C)CCNc1nc(N)c2c(n1)OCCN(c1ccc([C@H]3CC[C@H](CC(=O)O)CC3)cc1)C2=O. The number of nitrogens with two attached hydrogens (primary N) is 1. The van der Waals surface area contributed by atoms with E-state index in [9.17, 15) is 9.59 Å². The van der Waals surface area contributed by atoms with Crippen LogP contribution in [0.25, 0.3) is 0 Å². The van der Waals surface area contributed by atoms with Crippen LogP contribution < -0.4 is 20.7 Å². The molecule has 9 nitrogen and oxygen atoms in total. The van der Waals surface area contributed by atoms with Crippen molar-refractivity contribution < 1.29 is 19.4 Å². The Morgan fingerprint density at radius 2 is 1.86 bits per heavy atom. The number of amides is 1. The summed E-state index contributed by atoms with van der Waals surface area (Å²) in [5, 5.41) is 12.2. The number of carboxylic acids is 1. The van der Waals surface area contributed by atoms with Crippen LogP contribution in [0, 0.1) is 11.3 Å². The van der Waals surface area contributed by atoms with Gasteiger partial charge in [0.1, 0.15) is 18.0 Å². The largest absolute Gasteiger partial charge is 0.481 e. The number of fused-ring (bicyclic) bond motifs is 1. The van der Waals surface area contributed by atoms with Gasteiger partial charge < -0.3 is 25.8 Å². The van der Waals surface area contributed by atoms with Gasteiger partial charge in [-0.3, -0.25) is 9.59 Å². The highest BCUT2D eigenvalue weighted by atomic mass is 16.5. The highest BCUT2D eigenvalue weighted by Crippen LogP contribution is 2.38. The number of anilines is 3.